The molecule has 0 fully saturated rings. The average Bonchev–Trinajstić information content (AvgIpc) is 2.49. The minimum Gasteiger partial charge on any atom is -0.211 e. The molecule has 106 valence electrons. The molecular weight excluding hydrogens is 276 g/mol. The molecule has 8 nitrogen and oxygen atoms in total. The van der Waals surface area contributed by atoms with Crippen molar-refractivity contribution in [2.45, 2.75) is 6.92 Å². The molecule has 1 rings (SSSR count). The van der Waals surface area contributed by atoms with Crippen LogP contribution in [0.25, 0.3) is 0 Å². The van der Waals surface area contributed by atoms with Crippen molar-refractivity contribution in [2.24, 2.45) is 20.0 Å². The lowest BCUT2D eigenvalue weighted by Crippen LogP contribution is -1.82. The highest BCUT2D eigenvalue weighted by atomic mass is 16.1. The predicted octanol–water partition coefficient (Wildman–Crippen LogP) is 1.59. The van der Waals surface area contributed by atoms with Crippen LogP contribution >= 0.6 is 0 Å². The van der Waals surface area contributed by atoms with Gasteiger partial charge in [-0.05, 0) is 19.1 Å². The monoisotopic (exact) mass is 286 g/mol. The summed E-state index contributed by atoms with van der Waals surface area (Å²) in [6, 6.07) is 4.94. The summed E-state index contributed by atoms with van der Waals surface area (Å²) < 4.78 is 0. The molecule has 0 spiro atoms. The number of carbonyl (C=O) groups excluding carboxylic acids is 4. The Balaban J connectivity index is 0.000000433. The van der Waals surface area contributed by atoms with E-state index >= 15 is 0 Å². The Morgan fingerprint density at radius 1 is 0.810 bits per heavy atom. The number of nitrogens with zero attached hydrogens (tertiary/aromatic N) is 4. The molecule has 0 atom stereocenters. The smallest absolute Gasteiger partial charge is 0.211 e. The Morgan fingerprint density at radius 2 is 1.24 bits per heavy atom. The summed E-state index contributed by atoms with van der Waals surface area (Å²) >= 11 is 0. The number of benzene rings is 1. The molecule has 1 aromatic rings. The average molecular weight is 286 g/mol. The topological polar surface area (TPSA) is 118 Å². The first kappa shape index (κ1) is 17.7. The summed E-state index contributed by atoms with van der Waals surface area (Å²) in [6.07, 6.45) is 5.48. The molecule has 0 aliphatic rings. The molecule has 0 unspecified atom stereocenters. The summed E-state index contributed by atoms with van der Waals surface area (Å²) in [5.41, 5.74) is 1.59. The van der Waals surface area contributed by atoms with Crippen molar-refractivity contribution in [3.8, 4) is 0 Å². The van der Waals surface area contributed by atoms with Gasteiger partial charge in [-0.1, -0.05) is 6.07 Å². The molecule has 0 amide bonds. The van der Waals surface area contributed by atoms with Gasteiger partial charge in [0.05, 0.1) is 24.5 Å². The van der Waals surface area contributed by atoms with Gasteiger partial charge >= 0.3 is 0 Å². The Hall–Kier alpha value is -3.26. The van der Waals surface area contributed by atoms with E-state index in [1.807, 2.05) is 0 Å². The molecule has 0 N–H and O–H groups in total. The van der Waals surface area contributed by atoms with E-state index in [1.165, 1.54) is 24.3 Å². The zero-order valence-corrected chi connectivity index (χ0v) is 11.1. The van der Waals surface area contributed by atoms with Crippen molar-refractivity contribution in [2.75, 3.05) is 13.1 Å². The molecular formula is C13H10N4O4. The van der Waals surface area contributed by atoms with E-state index in [4.69, 9.17) is 0 Å². The van der Waals surface area contributed by atoms with E-state index < -0.39 is 0 Å². The number of aliphatic imine (C=N–C) groups is 4. The Morgan fingerprint density at radius 3 is 1.57 bits per heavy atom. The fourth-order valence-corrected chi connectivity index (χ4v) is 1.14. The highest BCUT2D eigenvalue weighted by Gasteiger charge is 2.00. The van der Waals surface area contributed by atoms with Crippen LogP contribution in [0.4, 0.5) is 11.4 Å². The molecule has 0 saturated carbocycles. The van der Waals surface area contributed by atoms with Gasteiger partial charge in [-0.25, -0.2) is 29.2 Å². The predicted molar refractivity (Wildman–Crippen MR) is 72.7 cm³/mol. The second-order valence-electron chi connectivity index (χ2n) is 3.27. The van der Waals surface area contributed by atoms with Crippen LogP contribution in [0.15, 0.2) is 38.2 Å². The van der Waals surface area contributed by atoms with E-state index in [1.54, 1.807) is 25.1 Å². The highest BCUT2D eigenvalue weighted by Crippen LogP contribution is 2.26. The van der Waals surface area contributed by atoms with Crippen molar-refractivity contribution in [1.82, 2.24) is 0 Å². The third-order valence-electron chi connectivity index (χ3n) is 2.06. The van der Waals surface area contributed by atoms with Gasteiger partial charge < -0.3 is 0 Å². The maximum atomic E-state index is 10.00. The fraction of sp³-hybridized carbons (Fsp3) is 0.231. The van der Waals surface area contributed by atoms with Gasteiger partial charge in [-0.15, -0.1) is 0 Å². The number of hydrogen-bond acceptors (Lipinski definition) is 8. The normalized spacial score (nSPS) is 7.67. The maximum absolute atomic E-state index is 10.00. The van der Waals surface area contributed by atoms with Crippen molar-refractivity contribution >= 4 is 35.7 Å². The molecule has 0 bridgehead atoms. The summed E-state index contributed by atoms with van der Waals surface area (Å²) in [7, 11) is 0. The molecule has 0 radical (unpaired) electrons. The zero-order valence-electron chi connectivity index (χ0n) is 11.1. The lowest BCUT2D eigenvalue weighted by atomic mass is 10.1. The van der Waals surface area contributed by atoms with Crippen molar-refractivity contribution in [3.05, 3.63) is 23.8 Å². The summed E-state index contributed by atoms with van der Waals surface area (Å²) in [5, 5.41) is 0. The summed E-state index contributed by atoms with van der Waals surface area (Å²) in [6.45, 7) is 2.16. The van der Waals surface area contributed by atoms with Gasteiger partial charge in [0.1, 0.15) is 0 Å². The van der Waals surface area contributed by atoms with Crippen LogP contribution in [0.5, 0.6) is 0 Å². The van der Waals surface area contributed by atoms with E-state index in [0.717, 1.165) is 0 Å². The van der Waals surface area contributed by atoms with Crippen LogP contribution in [-0.4, -0.2) is 37.4 Å². The van der Waals surface area contributed by atoms with E-state index in [2.05, 4.69) is 20.0 Å². The minimum absolute atomic E-state index is 0.221. The molecule has 0 aliphatic heterocycles. The van der Waals surface area contributed by atoms with Crippen LogP contribution in [-0.2, 0) is 19.2 Å². The van der Waals surface area contributed by atoms with Gasteiger partial charge in [0.25, 0.3) is 0 Å². The van der Waals surface area contributed by atoms with Gasteiger partial charge in [-0.3, -0.25) is 0 Å². The minimum atomic E-state index is 0.221. The molecule has 21 heavy (non-hydrogen) atoms. The second-order valence-corrected chi connectivity index (χ2v) is 3.27. The SMILES string of the molecule is Cc1c(N=C=O)cccc1N=C=O.O=C=NCCN=C=O. The Bertz CT molecular complexity index is 606. The molecule has 0 heterocycles. The van der Waals surface area contributed by atoms with E-state index in [0.29, 0.717) is 16.9 Å². The maximum Gasteiger partial charge on any atom is 0.240 e. The molecule has 0 saturated heterocycles. The molecule has 8 heteroatoms. The first-order valence-electron chi connectivity index (χ1n) is 5.53. The quantitative estimate of drug-likeness (QED) is 0.464. The summed E-state index contributed by atoms with van der Waals surface area (Å²) in [5.74, 6) is 0. The largest absolute Gasteiger partial charge is 0.240 e. The zero-order chi connectivity index (χ0) is 15.9. The van der Waals surface area contributed by atoms with Crippen molar-refractivity contribution in [1.29, 1.82) is 0 Å². The third-order valence-corrected chi connectivity index (χ3v) is 2.06. The second kappa shape index (κ2) is 11.8. The lowest BCUT2D eigenvalue weighted by Gasteiger charge is -1.99. The number of isocyanates is 4. The highest BCUT2D eigenvalue weighted by molar-refractivity contribution is 5.64. The van der Waals surface area contributed by atoms with Gasteiger partial charge in [0.2, 0.25) is 24.3 Å². The van der Waals surface area contributed by atoms with Crippen molar-refractivity contribution in [3.63, 3.8) is 0 Å². The van der Waals surface area contributed by atoms with Gasteiger partial charge in [0.15, 0.2) is 0 Å². The standard InChI is InChI=1S/C9H6N2O2.C4H4N2O2/c1-7-8(10-5-12)3-2-4-9(7)11-6-13;7-3-5-1-2-6-4-8/h2-4H,1H3;1-2H2. The number of hydrogen-bond donors (Lipinski definition) is 0. The molecule has 1 aromatic carbocycles. The van der Waals surface area contributed by atoms with Crippen molar-refractivity contribution < 1.29 is 19.2 Å². The van der Waals surface area contributed by atoms with Crippen LogP contribution in [0.1, 0.15) is 5.56 Å². The first-order chi connectivity index (χ1) is 10.2. The van der Waals surface area contributed by atoms with E-state index in [-0.39, 0.29) is 13.1 Å². The first-order valence-corrected chi connectivity index (χ1v) is 5.53. The Labute approximate surface area is 119 Å². The Kier molecular flexibility index (Phi) is 9.98. The lowest BCUT2D eigenvalue weighted by molar-refractivity contribution is 0.560. The van der Waals surface area contributed by atoms with Crippen LogP contribution < -0.4 is 0 Å². The van der Waals surface area contributed by atoms with Crippen LogP contribution in [0.2, 0.25) is 0 Å². The van der Waals surface area contributed by atoms with E-state index in [9.17, 15) is 19.2 Å². The summed E-state index contributed by atoms with van der Waals surface area (Å²) in [4.78, 5) is 51.8. The van der Waals surface area contributed by atoms with Gasteiger partial charge in [-0.2, -0.15) is 9.98 Å². The molecule has 0 aliphatic carbocycles. The van der Waals surface area contributed by atoms with Crippen LogP contribution in [0.3, 0.4) is 0 Å². The van der Waals surface area contributed by atoms with Gasteiger partial charge in [0, 0.05) is 5.56 Å². The fourth-order valence-electron chi connectivity index (χ4n) is 1.14. The van der Waals surface area contributed by atoms with Crippen LogP contribution in [0, 0.1) is 6.92 Å². The third kappa shape index (κ3) is 7.70. The molecule has 0 aromatic heterocycles. The number of rotatable bonds is 5.